The molecule has 0 saturated heterocycles. The molecule has 0 radical (unpaired) electrons. The Kier molecular flexibility index (Phi) is 3.40. The summed E-state index contributed by atoms with van der Waals surface area (Å²) in [6.45, 7) is 0. The van der Waals surface area contributed by atoms with Crippen molar-refractivity contribution in [3.8, 4) is 0 Å². The largest absolute Gasteiger partial charge is 0.323 e. The second kappa shape index (κ2) is 5.07. The van der Waals surface area contributed by atoms with Crippen LogP contribution in [-0.2, 0) is 0 Å². The fourth-order valence-electron chi connectivity index (χ4n) is 2.07. The van der Waals surface area contributed by atoms with Crippen LogP contribution in [0, 0.1) is 5.82 Å². The molecule has 3 rings (SSSR count). The van der Waals surface area contributed by atoms with Gasteiger partial charge < -0.3 is 9.97 Å². The number of fused-ring (bicyclic) bond motifs is 1. The Bertz CT molecular complexity index is 843. The molecule has 0 aliphatic rings. The van der Waals surface area contributed by atoms with Crippen molar-refractivity contribution in [3.63, 3.8) is 0 Å². The van der Waals surface area contributed by atoms with Crippen LogP contribution in [0.4, 0.5) is 4.39 Å². The lowest BCUT2D eigenvalue weighted by Crippen LogP contribution is -1.99. The first-order valence-electron chi connectivity index (χ1n) is 5.85. The van der Waals surface area contributed by atoms with Crippen LogP contribution in [0.2, 0.25) is 0 Å². The maximum absolute atomic E-state index is 13.2. The molecule has 0 fully saturated rings. The van der Waals surface area contributed by atoms with E-state index in [1.165, 1.54) is 6.07 Å². The number of halogens is 3. The first-order chi connectivity index (χ1) is 9.54. The Balaban J connectivity index is 2.04. The summed E-state index contributed by atoms with van der Waals surface area (Å²) in [5.74, 6) is -0.331. The van der Waals surface area contributed by atoms with Crippen molar-refractivity contribution in [2.24, 2.45) is 0 Å². The van der Waals surface area contributed by atoms with Gasteiger partial charge in [-0.15, -0.1) is 11.6 Å². The second-order valence-corrected chi connectivity index (χ2v) is 5.71. The van der Waals surface area contributed by atoms with E-state index in [2.05, 4.69) is 25.9 Å². The van der Waals surface area contributed by atoms with E-state index in [1.54, 1.807) is 18.2 Å². The third-order valence-electron chi connectivity index (χ3n) is 3.07. The fraction of sp³-hybridized carbons (Fsp3) is 0.0714. The number of hydrogen-bond donors (Lipinski definition) is 2. The van der Waals surface area contributed by atoms with Crippen molar-refractivity contribution in [2.75, 3.05) is 0 Å². The highest BCUT2D eigenvalue weighted by Crippen LogP contribution is 2.32. The average Bonchev–Trinajstić information content (AvgIpc) is 2.80. The summed E-state index contributed by atoms with van der Waals surface area (Å²) in [7, 11) is 0. The zero-order chi connectivity index (χ0) is 14.3. The van der Waals surface area contributed by atoms with Crippen LogP contribution in [0.15, 0.2) is 45.7 Å². The van der Waals surface area contributed by atoms with Crippen molar-refractivity contribution < 1.29 is 4.39 Å². The number of hydrogen-bond acceptors (Lipinski definition) is 1. The van der Waals surface area contributed by atoms with Crippen LogP contribution in [0.25, 0.3) is 11.0 Å². The van der Waals surface area contributed by atoms with Crippen LogP contribution in [-0.4, -0.2) is 9.97 Å². The molecular formula is C14H9BrClFN2O. The molecule has 0 amide bonds. The van der Waals surface area contributed by atoms with E-state index in [1.807, 2.05) is 12.1 Å². The molecule has 1 heterocycles. The van der Waals surface area contributed by atoms with Gasteiger partial charge in [0.1, 0.15) is 5.82 Å². The molecule has 0 saturated carbocycles. The van der Waals surface area contributed by atoms with Crippen molar-refractivity contribution in [3.05, 3.63) is 68.3 Å². The van der Waals surface area contributed by atoms with E-state index in [0.717, 1.165) is 16.6 Å². The molecule has 0 aliphatic heterocycles. The van der Waals surface area contributed by atoms with E-state index >= 15 is 0 Å². The standard InChI is InChI=1S/C14H9BrClFN2O/c15-9-5-7(1-3-10(9)17)13(16)8-2-4-11-12(6-8)19-14(20)18-11/h1-6,13H,(H2,18,19,20). The Hall–Kier alpha value is -1.59. The number of rotatable bonds is 2. The number of H-pyrrole nitrogens is 2. The minimum Gasteiger partial charge on any atom is -0.306 e. The number of nitrogens with one attached hydrogen (secondary N) is 2. The molecule has 3 nitrogen and oxygen atoms in total. The quantitative estimate of drug-likeness (QED) is 0.668. The lowest BCUT2D eigenvalue weighted by molar-refractivity contribution is 0.620. The van der Waals surface area contributed by atoms with Gasteiger partial charge in [-0.2, -0.15) is 0 Å². The van der Waals surface area contributed by atoms with Gasteiger partial charge >= 0.3 is 5.69 Å². The van der Waals surface area contributed by atoms with Gasteiger partial charge in [-0.1, -0.05) is 12.1 Å². The van der Waals surface area contributed by atoms with Gasteiger partial charge in [0.15, 0.2) is 0 Å². The van der Waals surface area contributed by atoms with Crippen molar-refractivity contribution in [2.45, 2.75) is 5.38 Å². The Morgan fingerprint density at radius 2 is 1.70 bits per heavy atom. The van der Waals surface area contributed by atoms with Gasteiger partial charge in [0.05, 0.1) is 20.9 Å². The van der Waals surface area contributed by atoms with Gasteiger partial charge in [0.2, 0.25) is 0 Å². The summed E-state index contributed by atoms with van der Waals surface area (Å²) in [5, 5.41) is -0.422. The van der Waals surface area contributed by atoms with Crippen molar-refractivity contribution >= 4 is 38.6 Å². The summed E-state index contributed by atoms with van der Waals surface area (Å²) in [4.78, 5) is 16.6. The molecule has 20 heavy (non-hydrogen) atoms. The molecular weight excluding hydrogens is 347 g/mol. The summed E-state index contributed by atoms with van der Waals surface area (Å²) < 4.78 is 13.6. The predicted molar refractivity (Wildman–Crippen MR) is 80.7 cm³/mol. The molecule has 2 N–H and O–H groups in total. The zero-order valence-corrected chi connectivity index (χ0v) is 12.4. The number of aromatic amines is 2. The molecule has 1 unspecified atom stereocenters. The SMILES string of the molecule is O=c1[nH]c2ccc(C(Cl)c3ccc(F)c(Br)c3)cc2[nH]1. The van der Waals surface area contributed by atoms with Crippen LogP contribution in [0.5, 0.6) is 0 Å². The molecule has 0 bridgehead atoms. The predicted octanol–water partition coefficient (Wildman–Crippen LogP) is 4.09. The van der Waals surface area contributed by atoms with E-state index in [4.69, 9.17) is 11.6 Å². The first kappa shape index (κ1) is 13.4. The highest BCUT2D eigenvalue weighted by Gasteiger charge is 2.13. The lowest BCUT2D eigenvalue weighted by atomic mass is 10.0. The molecule has 1 atom stereocenters. The van der Waals surface area contributed by atoms with E-state index in [0.29, 0.717) is 9.99 Å². The third-order valence-corrected chi connectivity index (χ3v) is 4.18. The summed E-state index contributed by atoms with van der Waals surface area (Å²) in [6, 6.07) is 10.1. The Morgan fingerprint density at radius 1 is 1.05 bits per heavy atom. The maximum atomic E-state index is 13.2. The molecule has 6 heteroatoms. The van der Waals surface area contributed by atoms with Gasteiger partial charge in [0.25, 0.3) is 0 Å². The minimum absolute atomic E-state index is 0.257. The van der Waals surface area contributed by atoms with E-state index in [9.17, 15) is 9.18 Å². The van der Waals surface area contributed by atoms with Crippen molar-refractivity contribution in [1.82, 2.24) is 9.97 Å². The normalized spacial score (nSPS) is 12.8. The van der Waals surface area contributed by atoms with Gasteiger partial charge in [-0.3, -0.25) is 0 Å². The van der Waals surface area contributed by atoms with Crippen LogP contribution >= 0.6 is 27.5 Å². The third kappa shape index (κ3) is 2.39. The van der Waals surface area contributed by atoms with Crippen LogP contribution in [0.3, 0.4) is 0 Å². The monoisotopic (exact) mass is 354 g/mol. The highest BCUT2D eigenvalue weighted by molar-refractivity contribution is 9.10. The number of imidazole rings is 1. The molecule has 3 aromatic rings. The van der Waals surface area contributed by atoms with Crippen LogP contribution in [0.1, 0.15) is 16.5 Å². The first-order valence-corrected chi connectivity index (χ1v) is 7.08. The Morgan fingerprint density at radius 3 is 2.45 bits per heavy atom. The average molecular weight is 356 g/mol. The van der Waals surface area contributed by atoms with E-state index in [-0.39, 0.29) is 11.5 Å². The molecule has 2 aromatic carbocycles. The molecule has 0 spiro atoms. The Labute approximate surface area is 126 Å². The topological polar surface area (TPSA) is 48.6 Å². The highest BCUT2D eigenvalue weighted by atomic mass is 79.9. The smallest absolute Gasteiger partial charge is 0.306 e. The zero-order valence-electron chi connectivity index (χ0n) is 10.1. The molecule has 1 aromatic heterocycles. The summed E-state index contributed by atoms with van der Waals surface area (Å²) >= 11 is 9.56. The van der Waals surface area contributed by atoms with Crippen molar-refractivity contribution in [1.29, 1.82) is 0 Å². The number of alkyl halides is 1. The van der Waals surface area contributed by atoms with Gasteiger partial charge in [-0.05, 0) is 51.3 Å². The van der Waals surface area contributed by atoms with Gasteiger partial charge in [0, 0.05) is 0 Å². The van der Waals surface area contributed by atoms with Gasteiger partial charge in [-0.25, -0.2) is 9.18 Å². The summed E-state index contributed by atoms with van der Waals surface area (Å²) in [6.07, 6.45) is 0. The second-order valence-electron chi connectivity index (χ2n) is 4.42. The lowest BCUT2D eigenvalue weighted by Gasteiger charge is -2.11. The number of benzene rings is 2. The maximum Gasteiger partial charge on any atom is 0.323 e. The molecule has 0 aliphatic carbocycles. The minimum atomic E-state index is -0.422. The van der Waals surface area contributed by atoms with E-state index < -0.39 is 5.38 Å². The number of aromatic nitrogens is 2. The fourth-order valence-corrected chi connectivity index (χ4v) is 2.74. The summed E-state index contributed by atoms with van der Waals surface area (Å²) in [5.41, 5.74) is 2.76. The van der Waals surface area contributed by atoms with Crippen LogP contribution < -0.4 is 5.69 Å². The molecule has 102 valence electrons.